The number of amides is 2. The Kier molecular flexibility index (Phi) is 7.65. The topological polar surface area (TPSA) is 78.4 Å². The minimum atomic E-state index is -0.838. The standard InChI is InChI=1S/C15H20Cl2N2O3/c1-3-9(4-2)13(20)8-18-14(21)15(22)19-12-6-10(16)5-11(17)7-12/h5-7,9,13,20H,3-4,8H2,1-2H3,(H,18,21)(H,19,22). The largest absolute Gasteiger partial charge is 0.391 e. The van der Waals surface area contributed by atoms with Crippen LogP contribution in [-0.2, 0) is 9.59 Å². The number of hydrogen-bond acceptors (Lipinski definition) is 3. The zero-order chi connectivity index (χ0) is 16.7. The van der Waals surface area contributed by atoms with Gasteiger partial charge >= 0.3 is 11.8 Å². The third kappa shape index (κ3) is 5.83. The second-order valence-electron chi connectivity index (χ2n) is 4.97. The Morgan fingerprint density at radius 2 is 1.64 bits per heavy atom. The lowest BCUT2D eigenvalue weighted by Crippen LogP contribution is -2.41. The lowest BCUT2D eigenvalue weighted by atomic mass is 9.96. The number of rotatable bonds is 6. The fourth-order valence-corrected chi connectivity index (χ4v) is 2.62. The average Bonchev–Trinajstić information content (AvgIpc) is 2.44. The number of carbonyl (C=O) groups excluding carboxylic acids is 2. The maximum Gasteiger partial charge on any atom is 0.313 e. The van der Waals surface area contributed by atoms with Gasteiger partial charge in [-0.05, 0) is 24.1 Å². The molecule has 1 atom stereocenters. The molecule has 0 bridgehead atoms. The molecular formula is C15H20Cl2N2O3. The van der Waals surface area contributed by atoms with Gasteiger partial charge in [-0.15, -0.1) is 0 Å². The van der Waals surface area contributed by atoms with Crippen molar-refractivity contribution in [2.24, 2.45) is 5.92 Å². The van der Waals surface area contributed by atoms with E-state index in [0.29, 0.717) is 15.7 Å². The van der Waals surface area contributed by atoms with E-state index in [1.54, 1.807) is 0 Å². The van der Waals surface area contributed by atoms with E-state index in [-0.39, 0.29) is 12.5 Å². The summed E-state index contributed by atoms with van der Waals surface area (Å²) < 4.78 is 0. The highest BCUT2D eigenvalue weighted by molar-refractivity contribution is 6.40. The summed E-state index contributed by atoms with van der Waals surface area (Å²) in [5.74, 6) is -1.56. The third-order valence-electron chi connectivity index (χ3n) is 3.39. The van der Waals surface area contributed by atoms with Crippen molar-refractivity contribution >= 4 is 40.7 Å². The van der Waals surface area contributed by atoms with Crippen LogP contribution < -0.4 is 10.6 Å². The van der Waals surface area contributed by atoms with E-state index in [4.69, 9.17) is 23.2 Å². The van der Waals surface area contributed by atoms with Gasteiger partial charge in [0.2, 0.25) is 0 Å². The molecule has 0 spiro atoms. The lowest BCUT2D eigenvalue weighted by molar-refractivity contribution is -0.136. The Hall–Kier alpha value is -1.30. The SMILES string of the molecule is CCC(CC)C(O)CNC(=O)C(=O)Nc1cc(Cl)cc(Cl)c1. The normalized spacial score (nSPS) is 12.1. The molecule has 122 valence electrons. The van der Waals surface area contributed by atoms with Crippen LogP contribution in [0.15, 0.2) is 18.2 Å². The maximum absolute atomic E-state index is 11.8. The first-order valence-corrected chi connectivity index (χ1v) is 7.86. The van der Waals surface area contributed by atoms with Crippen molar-refractivity contribution in [1.29, 1.82) is 0 Å². The minimum Gasteiger partial charge on any atom is -0.391 e. The summed E-state index contributed by atoms with van der Waals surface area (Å²) in [6.07, 6.45) is 0.939. The zero-order valence-electron chi connectivity index (χ0n) is 12.5. The molecule has 1 aromatic carbocycles. The fourth-order valence-electron chi connectivity index (χ4n) is 2.09. The molecule has 0 heterocycles. The zero-order valence-corrected chi connectivity index (χ0v) is 14.0. The summed E-state index contributed by atoms with van der Waals surface area (Å²) in [6, 6.07) is 4.49. The lowest BCUT2D eigenvalue weighted by Gasteiger charge is -2.20. The van der Waals surface area contributed by atoms with Crippen LogP contribution in [0, 0.1) is 5.92 Å². The number of nitrogens with one attached hydrogen (secondary N) is 2. The minimum absolute atomic E-state index is 0.0366. The van der Waals surface area contributed by atoms with Crippen LogP contribution >= 0.6 is 23.2 Å². The van der Waals surface area contributed by atoms with E-state index >= 15 is 0 Å². The molecule has 0 aliphatic carbocycles. The average molecular weight is 347 g/mol. The smallest absolute Gasteiger partial charge is 0.313 e. The molecule has 0 saturated carbocycles. The Bertz CT molecular complexity index is 513. The fraction of sp³-hybridized carbons (Fsp3) is 0.467. The highest BCUT2D eigenvalue weighted by atomic mass is 35.5. The van der Waals surface area contributed by atoms with Crippen LogP contribution in [-0.4, -0.2) is 29.6 Å². The van der Waals surface area contributed by atoms with Gasteiger partial charge in [0.1, 0.15) is 0 Å². The van der Waals surface area contributed by atoms with Crippen LogP contribution in [0.1, 0.15) is 26.7 Å². The summed E-state index contributed by atoms with van der Waals surface area (Å²) >= 11 is 11.6. The summed E-state index contributed by atoms with van der Waals surface area (Å²) in [4.78, 5) is 23.5. The molecule has 2 amide bonds. The number of aliphatic hydroxyl groups excluding tert-OH is 1. The van der Waals surface area contributed by atoms with Crippen molar-refractivity contribution in [2.75, 3.05) is 11.9 Å². The molecule has 22 heavy (non-hydrogen) atoms. The predicted octanol–water partition coefficient (Wildman–Crippen LogP) is 2.85. The predicted molar refractivity (Wildman–Crippen MR) is 88.2 cm³/mol. The highest BCUT2D eigenvalue weighted by Gasteiger charge is 2.19. The highest BCUT2D eigenvalue weighted by Crippen LogP contribution is 2.22. The maximum atomic E-state index is 11.8. The number of anilines is 1. The number of aliphatic hydroxyl groups is 1. The van der Waals surface area contributed by atoms with Crippen LogP contribution in [0.25, 0.3) is 0 Å². The molecule has 0 fully saturated rings. The molecule has 0 aliphatic rings. The van der Waals surface area contributed by atoms with Crippen LogP contribution in [0.3, 0.4) is 0 Å². The summed E-state index contributed by atoms with van der Waals surface area (Å²) in [5, 5.41) is 15.4. The van der Waals surface area contributed by atoms with E-state index < -0.39 is 17.9 Å². The number of hydrogen-bond donors (Lipinski definition) is 3. The Morgan fingerprint density at radius 1 is 1.09 bits per heavy atom. The summed E-state index contributed by atoms with van der Waals surface area (Å²) in [7, 11) is 0. The number of carbonyl (C=O) groups is 2. The summed E-state index contributed by atoms with van der Waals surface area (Å²) in [5.41, 5.74) is 0.332. The van der Waals surface area contributed by atoms with Crippen LogP contribution in [0.2, 0.25) is 10.0 Å². The van der Waals surface area contributed by atoms with E-state index in [0.717, 1.165) is 12.8 Å². The number of benzene rings is 1. The van der Waals surface area contributed by atoms with Gasteiger partial charge in [-0.1, -0.05) is 49.9 Å². The quantitative estimate of drug-likeness (QED) is 0.693. The molecule has 1 rings (SSSR count). The third-order valence-corrected chi connectivity index (χ3v) is 3.83. The van der Waals surface area contributed by atoms with Gasteiger partial charge < -0.3 is 15.7 Å². The number of halogens is 2. The molecular weight excluding hydrogens is 327 g/mol. The Balaban J connectivity index is 2.53. The molecule has 1 unspecified atom stereocenters. The Labute approximate surface area is 140 Å². The molecule has 0 aromatic heterocycles. The van der Waals surface area contributed by atoms with Crippen molar-refractivity contribution in [3.63, 3.8) is 0 Å². The van der Waals surface area contributed by atoms with Crippen LogP contribution in [0.5, 0.6) is 0 Å². The van der Waals surface area contributed by atoms with E-state index in [2.05, 4.69) is 10.6 Å². The second kappa shape index (κ2) is 8.98. The van der Waals surface area contributed by atoms with Gasteiger partial charge in [0.25, 0.3) is 0 Å². The van der Waals surface area contributed by atoms with Gasteiger partial charge in [0.15, 0.2) is 0 Å². The van der Waals surface area contributed by atoms with Gasteiger partial charge in [-0.2, -0.15) is 0 Å². The van der Waals surface area contributed by atoms with Gasteiger partial charge in [0.05, 0.1) is 6.10 Å². The van der Waals surface area contributed by atoms with E-state index in [1.807, 2.05) is 13.8 Å². The first-order valence-electron chi connectivity index (χ1n) is 7.10. The van der Waals surface area contributed by atoms with E-state index in [1.165, 1.54) is 18.2 Å². The molecule has 5 nitrogen and oxygen atoms in total. The second-order valence-corrected chi connectivity index (χ2v) is 5.84. The van der Waals surface area contributed by atoms with Gasteiger partial charge in [-0.3, -0.25) is 9.59 Å². The molecule has 0 saturated heterocycles. The first kappa shape index (κ1) is 18.7. The van der Waals surface area contributed by atoms with Gasteiger partial charge in [0, 0.05) is 22.3 Å². The van der Waals surface area contributed by atoms with Crippen molar-refractivity contribution in [3.8, 4) is 0 Å². The van der Waals surface area contributed by atoms with Gasteiger partial charge in [-0.25, -0.2) is 0 Å². The van der Waals surface area contributed by atoms with E-state index in [9.17, 15) is 14.7 Å². The van der Waals surface area contributed by atoms with Crippen molar-refractivity contribution in [2.45, 2.75) is 32.8 Å². The molecule has 0 radical (unpaired) electrons. The monoisotopic (exact) mass is 346 g/mol. The Morgan fingerprint density at radius 3 is 2.14 bits per heavy atom. The van der Waals surface area contributed by atoms with Crippen molar-refractivity contribution in [1.82, 2.24) is 5.32 Å². The molecule has 3 N–H and O–H groups in total. The molecule has 1 aromatic rings. The van der Waals surface area contributed by atoms with Crippen molar-refractivity contribution in [3.05, 3.63) is 28.2 Å². The summed E-state index contributed by atoms with van der Waals surface area (Å²) in [6.45, 7) is 3.97. The molecule has 0 aliphatic heterocycles. The molecule has 7 heteroatoms. The van der Waals surface area contributed by atoms with Crippen LogP contribution in [0.4, 0.5) is 5.69 Å². The van der Waals surface area contributed by atoms with Crippen molar-refractivity contribution < 1.29 is 14.7 Å². The first-order chi connectivity index (χ1) is 10.4.